The molecule has 2 fully saturated rings. The fourth-order valence-corrected chi connectivity index (χ4v) is 4.65. The number of ether oxygens (including phenoxy) is 1. The zero-order valence-corrected chi connectivity index (χ0v) is 17.5. The van der Waals surface area contributed by atoms with Gasteiger partial charge < -0.3 is 4.74 Å². The van der Waals surface area contributed by atoms with Crippen LogP contribution in [0, 0.1) is 11.7 Å². The Bertz CT molecular complexity index is 766. The number of halogens is 1. The van der Waals surface area contributed by atoms with Gasteiger partial charge in [-0.05, 0) is 50.8 Å². The van der Waals surface area contributed by atoms with Crippen molar-refractivity contribution in [1.29, 1.82) is 0 Å². The van der Waals surface area contributed by atoms with E-state index in [0.717, 1.165) is 44.9 Å². The Kier molecular flexibility index (Phi) is 6.95. The highest BCUT2D eigenvalue weighted by Gasteiger charge is 2.25. The van der Waals surface area contributed by atoms with Gasteiger partial charge in [-0.2, -0.15) is 5.10 Å². The molecule has 2 saturated heterocycles. The SMILES string of the molecule is Cn1cc(CN(CC2CCN(Cc3ccccc3F)CC2)CC2CCCO2)cn1. The van der Waals surface area contributed by atoms with E-state index in [2.05, 4.69) is 21.1 Å². The summed E-state index contributed by atoms with van der Waals surface area (Å²) in [5.41, 5.74) is 2.07. The highest BCUT2D eigenvalue weighted by molar-refractivity contribution is 5.17. The average molecular weight is 401 g/mol. The van der Waals surface area contributed by atoms with Gasteiger partial charge in [-0.1, -0.05) is 18.2 Å². The van der Waals surface area contributed by atoms with Crippen molar-refractivity contribution in [1.82, 2.24) is 19.6 Å². The minimum Gasteiger partial charge on any atom is -0.377 e. The van der Waals surface area contributed by atoms with Crippen molar-refractivity contribution < 1.29 is 9.13 Å². The maximum atomic E-state index is 13.9. The molecular formula is C23H33FN4O. The summed E-state index contributed by atoms with van der Waals surface area (Å²) >= 11 is 0. The second kappa shape index (κ2) is 9.83. The first-order valence-corrected chi connectivity index (χ1v) is 10.9. The molecule has 0 amide bonds. The van der Waals surface area contributed by atoms with E-state index in [1.54, 1.807) is 12.1 Å². The highest BCUT2D eigenvalue weighted by atomic mass is 19.1. The molecule has 4 rings (SSSR count). The highest BCUT2D eigenvalue weighted by Crippen LogP contribution is 2.23. The van der Waals surface area contributed by atoms with Crippen molar-refractivity contribution in [2.45, 2.75) is 44.9 Å². The molecule has 1 unspecified atom stereocenters. The van der Waals surface area contributed by atoms with Crippen LogP contribution >= 0.6 is 0 Å². The second-order valence-electron chi connectivity index (χ2n) is 8.66. The van der Waals surface area contributed by atoms with Crippen molar-refractivity contribution in [3.63, 3.8) is 0 Å². The number of aromatic nitrogens is 2. The zero-order valence-electron chi connectivity index (χ0n) is 17.5. The molecule has 0 saturated carbocycles. The van der Waals surface area contributed by atoms with Crippen LogP contribution in [-0.2, 0) is 24.9 Å². The fraction of sp³-hybridized carbons (Fsp3) is 0.609. The van der Waals surface area contributed by atoms with Crippen LogP contribution in [0.5, 0.6) is 0 Å². The predicted octanol–water partition coefficient (Wildman–Crippen LogP) is 3.45. The molecule has 0 radical (unpaired) electrons. The third-order valence-corrected chi connectivity index (χ3v) is 6.23. The first-order valence-electron chi connectivity index (χ1n) is 10.9. The van der Waals surface area contributed by atoms with Gasteiger partial charge in [0.25, 0.3) is 0 Å². The Morgan fingerprint density at radius 3 is 2.69 bits per heavy atom. The number of aryl methyl sites for hydroxylation is 1. The molecule has 158 valence electrons. The topological polar surface area (TPSA) is 33.5 Å². The molecule has 1 aromatic carbocycles. The van der Waals surface area contributed by atoms with Gasteiger partial charge in [0.15, 0.2) is 0 Å². The Labute approximate surface area is 173 Å². The zero-order chi connectivity index (χ0) is 20.1. The second-order valence-corrected chi connectivity index (χ2v) is 8.66. The molecule has 2 aliphatic heterocycles. The van der Waals surface area contributed by atoms with Gasteiger partial charge in [0.2, 0.25) is 0 Å². The van der Waals surface area contributed by atoms with E-state index in [1.165, 1.54) is 31.2 Å². The van der Waals surface area contributed by atoms with Crippen LogP contribution in [0.4, 0.5) is 4.39 Å². The molecule has 1 aromatic heterocycles. The van der Waals surface area contributed by atoms with Gasteiger partial charge in [-0.3, -0.25) is 14.5 Å². The number of benzene rings is 1. The van der Waals surface area contributed by atoms with Gasteiger partial charge >= 0.3 is 0 Å². The standard InChI is InChI=1S/C23H33FN4O/c1-26-14-20(13-25-26)16-28(18-22-6-4-12-29-22)15-19-8-10-27(11-9-19)17-21-5-2-3-7-23(21)24/h2-3,5,7,13-14,19,22H,4,6,8-12,15-18H2,1H3. The van der Waals surface area contributed by atoms with Crippen LogP contribution in [-0.4, -0.2) is 58.5 Å². The Morgan fingerprint density at radius 1 is 1.17 bits per heavy atom. The van der Waals surface area contributed by atoms with Crippen molar-refractivity contribution >= 4 is 0 Å². The first-order chi connectivity index (χ1) is 14.2. The summed E-state index contributed by atoms with van der Waals surface area (Å²) in [7, 11) is 1.97. The van der Waals surface area contributed by atoms with Crippen molar-refractivity contribution in [2.24, 2.45) is 13.0 Å². The normalized spacial score (nSPS) is 21.3. The van der Waals surface area contributed by atoms with Gasteiger partial charge in [-0.25, -0.2) is 4.39 Å². The number of likely N-dealkylation sites (tertiary alicyclic amines) is 1. The lowest BCUT2D eigenvalue weighted by Crippen LogP contribution is -2.40. The molecule has 0 aliphatic carbocycles. The maximum Gasteiger partial charge on any atom is 0.127 e. The summed E-state index contributed by atoms with van der Waals surface area (Å²) in [6.45, 7) is 6.74. The summed E-state index contributed by atoms with van der Waals surface area (Å²) < 4.78 is 21.7. The molecular weight excluding hydrogens is 367 g/mol. The molecule has 5 nitrogen and oxygen atoms in total. The molecule has 29 heavy (non-hydrogen) atoms. The number of hydrogen-bond donors (Lipinski definition) is 0. The van der Waals surface area contributed by atoms with Crippen molar-refractivity contribution in [3.05, 3.63) is 53.6 Å². The summed E-state index contributed by atoms with van der Waals surface area (Å²) in [6.07, 6.45) is 9.14. The smallest absolute Gasteiger partial charge is 0.127 e. The van der Waals surface area contributed by atoms with Crippen LogP contribution in [0.1, 0.15) is 36.8 Å². The molecule has 6 heteroatoms. The summed E-state index contributed by atoms with van der Waals surface area (Å²) in [6, 6.07) is 7.14. The van der Waals surface area contributed by atoms with E-state index in [9.17, 15) is 4.39 Å². The van der Waals surface area contributed by atoms with Gasteiger partial charge in [0, 0.05) is 57.2 Å². The van der Waals surface area contributed by atoms with Crippen molar-refractivity contribution in [3.8, 4) is 0 Å². The van der Waals surface area contributed by atoms with E-state index in [4.69, 9.17) is 4.74 Å². The predicted molar refractivity (Wildman–Crippen MR) is 112 cm³/mol. The Balaban J connectivity index is 1.30. The van der Waals surface area contributed by atoms with E-state index in [0.29, 0.717) is 18.6 Å². The molecule has 1 atom stereocenters. The molecule has 2 aromatic rings. The Morgan fingerprint density at radius 2 is 2.00 bits per heavy atom. The third kappa shape index (κ3) is 5.87. The molecule has 3 heterocycles. The summed E-state index contributed by atoms with van der Waals surface area (Å²) in [5, 5.41) is 4.33. The average Bonchev–Trinajstić information content (AvgIpc) is 3.37. The lowest BCUT2D eigenvalue weighted by Gasteiger charge is -2.35. The monoisotopic (exact) mass is 400 g/mol. The lowest BCUT2D eigenvalue weighted by molar-refractivity contribution is 0.0569. The third-order valence-electron chi connectivity index (χ3n) is 6.23. The quantitative estimate of drug-likeness (QED) is 0.680. The Hall–Kier alpha value is -1.76. The van der Waals surface area contributed by atoms with E-state index < -0.39 is 0 Å². The van der Waals surface area contributed by atoms with Crippen LogP contribution in [0.15, 0.2) is 36.7 Å². The van der Waals surface area contributed by atoms with Gasteiger partial charge in [-0.15, -0.1) is 0 Å². The van der Waals surface area contributed by atoms with Crippen LogP contribution in [0.25, 0.3) is 0 Å². The number of piperidine rings is 1. The maximum absolute atomic E-state index is 13.9. The minimum absolute atomic E-state index is 0.0890. The lowest BCUT2D eigenvalue weighted by atomic mass is 9.95. The molecule has 2 aliphatic rings. The van der Waals surface area contributed by atoms with Crippen LogP contribution < -0.4 is 0 Å². The van der Waals surface area contributed by atoms with Gasteiger partial charge in [0.05, 0.1) is 12.3 Å². The van der Waals surface area contributed by atoms with Crippen molar-refractivity contribution in [2.75, 3.05) is 32.8 Å². The number of nitrogens with zero attached hydrogens (tertiary/aromatic N) is 4. The number of rotatable bonds is 8. The largest absolute Gasteiger partial charge is 0.377 e. The van der Waals surface area contributed by atoms with E-state index >= 15 is 0 Å². The van der Waals surface area contributed by atoms with Gasteiger partial charge in [0.1, 0.15) is 5.82 Å². The fourth-order valence-electron chi connectivity index (χ4n) is 4.65. The van der Waals surface area contributed by atoms with Crippen LogP contribution in [0.3, 0.4) is 0 Å². The first kappa shape index (κ1) is 20.5. The molecule has 0 N–H and O–H groups in total. The van der Waals surface area contributed by atoms with E-state index in [1.807, 2.05) is 30.1 Å². The summed E-state index contributed by atoms with van der Waals surface area (Å²) in [5.74, 6) is 0.596. The minimum atomic E-state index is -0.0890. The summed E-state index contributed by atoms with van der Waals surface area (Å²) in [4.78, 5) is 4.95. The molecule has 0 bridgehead atoms. The van der Waals surface area contributed by atoms with Crippen LogP contribution in [0.2, 0.25) is 0 Å². The molecule has 0 spiro atoms. The van der Waals surface area contributed by atoms with E-state index in [-0.39, 0.29) is 5.82 Å². The number of hydrogen-bond acceptors (Lipinski definition) is 4.